The van der Waals surface area contributed by atoms with Crippen molar-refractivity contribution in [1.29, 1.82) is 0 Å². The highest BCUT2D eigenvalue weighted by molar-refractivity contribution is 6.02. The number of aromatic carboxylic acids is 1. The van der Waals surface area contributed by atoms with Crippen LogP contribution in [0.5, 0.6) is 0 Å². The number of nitrogens with one attached hydrogen (secondary N) is 1. The second-order valence-electron chi connectivity index (χ2n) is 3.25. The molecule has 2 N–H and O–H groups in total. The zero-order valence-corrected chi connectivity index (χ0v) is 7.64. The first kappa shape index (κ1) is 8.05. The van der Waals surface area contributed by atoms with E-state index in [0.717, 1.165) is 5.65 Å². The molecule has 0 spiro atoms. The summed E-state index contributed by atoms with van der Waals surface area (Å²) >= 11 is 0. The van der Waals surface area contributed by atoms with Gasteiger partial charge in [-0.15, -0.1) is 0 Å². The van der Waals surface area contributed by atoms with Crippen LogP contribution in [0.1, 0.15) is 10.4 Å². The second kappa shape index (κ2) is 2.60. The van der Waals surface area contributed by atoms with Crippen molar-refractivity contribution in [3.63, 3.8) is 0 Å². The molecule has 1 aromatic carbocycles. The van der Waals surface area contributed by atoms with Crippen LogP contribution in [0.4, 0.5) is 0 Å². The molecule has 0 saturated heterocycles. The summed E-state index contributed by atoms with van der Waals surface area (Å²) in [4.78, 5) is 15.3. The molecule has 5 nitrogen and oxygen atoms in total. The monoisotopic (exact) mass is 201 g/mol. The summed E-state index contributed by atoms with van der Waals surface area (Å²) in [5.74, 6) is -0.947. The Labute approximate surface area is 83.9 Å². The molecule has 3 aromatic rings. The van der Waals surface area contributed by atoms with E-state index in [1.54, 1.807) is 35.0 Å². The highest BCUT2D eigenvalue weighted by Gasteiger charge is 2.13. The number of rotatable bonds is 1. The number of carbonyl (C=O) groups is 1. The molecule has 0 aliphatic heterocycles. The summed E-state index contributed by atoms with van der Waals surface area (Å²) in [6.45, 7) is 0. The molecular formula is C10H7N3O2. The molecule has 15 heavy (non-hydrogen) atoms. The third-order valence-corrected chi connectivity index (χ3v) is 2.37. The lowest BCUT2D eigenvalue weighted by Crippen LogP contribution is -1.99. The number of aromatic nitrogens is 3. The lowest BCUT2D eigenvalue weighted by Gasteiger charge is -1.96. The van der Waals surface area contributed by atoms with Crippen molar-refractivity contribution in [2.24, 2.45) is 0 Å². The van der Waals surface area contributed by atoms with Crippen LogP contribution in [0.25, 0.3) is 16.7 Å². The van der Waals surface area contributed by atoms with Crippen LogP contribution in [0.15, 0.2) is 30.5 Å². The number of nitrogens with zero attached hydrogens (tertiary/aromatic N) is 2. The molecule has 0 unspecified atom stereocenters. The average molecular weight is 201 g/mol. The average Bonchev–Trinajstić information content (AvgIpc) is 2.75. The van der Waals surface area contributed by atoms with E-state index in [1.807, 2.05) is 0 Å². The maximum Gasteiger partial charge on any atom is 0.337 e. The van der Waals surface area contributed by atoms with E-state index in [-0.39, 0.29) is 5.56 Å². The van der Waals surface area contributed by atoms with Crippen molar-refractivity contribution in [3.8, 4) is 0 Å². The fourth-order valence-corrected chi connectivity index (χ4v) is 1.75. The fourth-order valence-electron chi connectivity index (χ4n) is 1.75. The van der Waals surface area contributed by atoms with E-state index >= 15 is 0 Å². The number of H-pyrrole nitrogens is 1. The van der Waals surface area contributed by atoms with Crippen molar-refractivity contribution in [2.45, 2.75) is 0 Å². The molecule has 5 heteroatoms. The molecule has 0 amide bonds. The third-order valence-electron chi connectivity index (χ3n) is 2.37. The first-order chi connectivity index (χ1) is 7.27. The maximum absolute atomic E-state index is 11.0. The Morgan fingerprint density at radius 3 is 3.07 bits per heavy atom. The highest BCUT2D eigenvalue weighted by Crippen LogP contribution is 2.19. The quantitative estimate of drug-likeness (QED) is 0.627. The smallest absolute Gasteiger partial charge is 0.337 e. The molecule has 3 rings (SSSR count). The Morgan fingerprint density at radius 1 is 1.40 bits per heavy atom. The zero-order chi connectivity index (χ0) is 10.4. The number of carboxylic acids is 1. The van der Waals surface area contributed by atoms with Gasteiger partial charge in [0.2, 0.25) is 0 Å². The Kier molecular flexibility index (Phi) is 1.39. The first-order valence-electron chi connectivity index (χ1n) is 4.45. The van der Waals surface area contributed by atoms with Crippen LogP contribution in [-0.2, 0) is 0 Å². The predicted octanol–water partition coefficient (Wildman–Crippen LogP) is 1.51. The number of benzene rings is 1. The molecular weight excluding hydrogens is 194 g/mol. The summed E-state index contributed by atoms with van der Waals surface area (Å²) < 4.78 is 1.67. The lowest BCUT2D eigenvalue weighted by atomic mass is 10.2. The molecule has 2 heterocycles. The SMILES string of the molecule is O=C(O)c1cccc2nc3cc[nH]n3c12. The first-order valence-corrected chi connectivity index (χ1v) is 4.45. The van der Waals surface area contributed by atoms with Crippen molar-refractivity contribution in [1.82, 2.24) is 14.6 Å². The Morgan fingerprint density at radius 2 is 2.27 bits per heavy atom. The van der Waals surface area contributed by atoms with Crippen molar-refractivity contribution >= 4 is 22.6 Å². The van der Waals surface area contributed by atoms with Crippen molar-refractivity contribution < 1.29 is 9.90 Å². The molecule has 2 aromatic heterocycles. The minimum absolute atomic E-state index is 0.252. The molecule has 0 aliphatic carbocycles. The molecule has 0 saturated carbocycles. The Hall–Kier alpha value is -2.30. The summed E-state index contributed by atoms with van der Waals surface area (Å²) in [7, 11) is 0. The normalized spacial score (nSPS) is 11.2. The largest absolute Gasteiger partial charge is 0.478 e. The van der Waals surface area contributed by atoms with Gasteiger partial charge in [0.15, 0.2) is 5.65 Å². The molecule has 0 fully saturated rings. The lowest BCUT2D eigenvalue weighted by molar-refractivity contribution is 0.0698. The molecule has 0 bridgehead atoms. The van der Waals surface area contributed by atoms with Crippen LogP contribution >= 0.6 is 0 Å². The van der Waals surface area contributed by atoms with E-state index in [9.17, 15) is 4.79 Å². The third kappa shape index (κ3) is 0.969. The van der Waals surface area contributed by atoms with Crippen molar-refractivity contribution in [2.75, 3.05) is 0 Å². The zero-order valence-electron chi connectivity index (χ0n) is 7.64. The minimum atomic E-state index is -0.947. The van der Waals surface area contributed by atoms with Crippen LogP contribution in [-0.4, -0.2) is 25.7 Å². The van der Waals surface area contributed by atoms with Gasteiger partial charge >= 0.3 is 5.97 Å². The van der Waals surface area contributed by atoms with Gasteiger partial charge < -0.3 is 5.11 Å². The Balaban J connectivity index is 2.58. The van der Waals surface area contributed by atoms with Gasteiger partial charge in [-0.3, -0.25) is 5.10 Å². The van der Waals surface area contributed by atoms with E-state index < -0.39 is 5.97 Å². The number of imidazole rings is 1. The number of hydrogen-bond donors (Lipinski definition) is 2. The van der Waals surface area contributed by atoms with Crippen LogP contribution in [0.3, 0.4) is 0 Å². The van der Waals surface area contributed by atoms with Crippen LogP contribution in [0, 0.1) is 0 Å². The summed E-state index contributed by atoms with van der Waals surface area (Å²) in [6, 6.07) is 6.85. The summed E-state index contributed by atoms with van der Waals surface area (Å²) in [5.41, 5.74) is 2.26. The van der Waals surface area contributed by atoms with Crippen LogP contribution < -0.4 is 0 Å². The molecule has 0 radical (unpaired) electrons. The van der Waals surface area contributed by atoms with E-state index in [1.165, 1.54) is 0 Å². The van der Waals surface area contributed by atoms with E-state index in [4.69, 9.17) is 5.11 Å². The van der Waals surface area contributed by atoms with Gasteiger partial charge in [-0.2, -0.15) is 0 Å². The summed E-state index contributed by atoms with van der Waals surface area (Å²) in [5, 5.41) is 12.0. The van der Waals surface area contributed by atoms with Crippen molar-refractivity contribution in [3.05, 3.63) is 36.0 Å². The van der Waals surface area contributed by atoms with Gasteiger partial charge in [-0.1, -0.05) is 6.07 Å². The van der Waals surface area contributed by atoms with Gasteiger partial charge in [0.25, 0.3) is 0 Å². The Bertz CT molecular complexity index is 665. The standard InChI is InChI=1S/C10H7N3O2/c14-10(15)6-2-1-3-7-9(6)13-8(12-7)4-5-11-13/h1-5,11H,(H,14,15). The van der Waals surface area contributed by atoms with E-state index in [2.05, 4.69) is 10.1 Å². The maximum atomic E-state index is 11.0. The fraction of sp³-hybridized carbons (Fsp3) is 0. The van der Waals surface area contributed by atoms with Gasteiger partial charge in [-0.05, 0) is 12.1 Å². The van der Waals surface area contributed by atoms with Gasteiger partial charge in [0.1, 0.15) is 5.52 Å². The number of para-hydroxylation sites is 1. The number of fused-ring (bicyclic) bond motifs is 3. The van der Waals surface area contributed by atoms with E-state index in [0.29, 0.717) is 11.0 Å². The van der Waals surface area contributed by atoms with Crippen LogP contribution in [0.2, 0.25) is 0 Å². The van der Waals surface area contributed by atoms with Gasteiger partial charge in [0, 0.05) is 12.3 Å². The number of aromatic amines is 1. The number of hydrogen-bond acceptors (Lipinski definition) is 2. The molecule has 74 valence electrons. The molecule has 0 aliphatic rings. The number of carboxylic acid groups (broad SMARTS) is 1. The van der Waals surface area contributed by atoms with Gasteiger partial charge in [0.05, 0.1) is 11.1 Å². The van der Waals surface area contributed by atoms with Gasteiger partial charge in [-0.25, -0.2) is 14.3 Å². The second-order valence-corrected chi connectivity index (χ2v) is 3.25. The predicted molar refractivity (Wildman–Crippen MR) is 54.0 cm³/mol. The summed E-state index contributed by atoms with van der Waals surface area (Å²) in [6.07, 6.45) is 1.72. The minimum Gasteiger partial charge on any atom is -0.478 e. The molecule has 0 atom stereocenters. The highest BCUT2D eigenvalue weighted by atomic mass is 16.4. The topological polar surface area (TPSA) is 70.4 Å².